The highest BCUT2D eigenvalue weighted by atomic mass is 16.5. The number of carbonyl (C=O) groups excluding carboxylic acids is 2. The first-order chi connectivity index (χ1) is 14.1. The molecule has 0 unspecified atom stereocenters. The average Bonchev–Trinajstić information content (AvgIpc) is 3.37. The summed E-state index contributed by atoms with van der Waals surface area (Å²) < 4.78 is 11.3. The Kier molecular flexibility index (Phi) is 5.97. The zero-order chi connectivity index (χ0) is 20.2. The predicted molar refractivity (Wildman–Crippen MR) is 109 cm³/mol. The summed E-state index contributed by atoms with van der Waals surface area (Å²) in [4.78, 5) is 28.6. The van der Waals surface area contributed by atoms with Gasteiger partial charge in [0.1, 0.15) is 11.5 Å². The molecule has 0 saturated carbocycles. The molecule has 2 amide bonds. The van der Waals surface area contributed by atoms with Crippen LogP contribution in [0.4, 0.5) is 5.69 Å². The zero-order valence-corrected chi connectivity index (χ0v) is 16.7. The molecule has 1 atom stereocenters. The van der Waals surface area contributed by atoms with Crippen LogP contribution in [0.1, 0.15) is 40.8 Å². The minimum Gasteiger partial charge on any atom is -0.465 e. The molecule has 1 N–H and O–H groups in total. The Labute approximate surface area is 170 Å². The van der Waals surface area contributed by atoms with Gasteiger partial charge in [0.15, 0.2) is 0 Å². The van der Waals surface area contributed by atoms with Crippen LogP contribution in [0.3, 0.4) is 0 Å². The highest BCUT2D eigenvalue weighted by Gasteiger charge is 2.26. The van der Waals surface area contributed by atoms with Gasteiger partial charge in [0.25, 0.3) is 5.91 Å². The average molecular weight is 397 g/mol. The number of morpholine rings is 1. The Morgan fingerprint density at radius 1 is 1.10 bits per heavy atom. The molecule has 2 aliphatic heterocycles. The van der Waals surface area contributed by atoms with E-state index in [0.717, 1.165) is 43.3 Å². The molecule has 3 heterocycles. The molecule has 1 aromatic heterocycles. The van der Waals surface area contributed by atoms with Crippen LogP contribution < -0.4 is 10.2 Å². The highest BCUT2D eigenvalue weighted by Crippen LogP contribution is 2.24. The van der Waals surface area contributed by atoms with E-state index in [1.807, 2.05) is 31.2 Å². The molecule has 4 rings (SSSR count). The standard InChI is InChI=1S/C22H27N3O4/c1-16-4-9-20(29-16)19(24-11-13-28-14-12-24)15-23-22(27)17-5-7-18(8-6-17)25-10-2-3-21(25)26/h4-9,19H,2-3,10-15H2,1H3,(H,23,27)/t19-/m1/s1. The number of rotatable bonds is 6. The summed E-state index contributed by atoms with van der Waals surface area (Å²) in [5.74, 6) is 1.72. The number of hydrogen-bond donors (Lipinski definition) is 1. The van der Waals surface area contributed by atoms with Gasteiger partial charge in [0, 0.05) is 43.9 Å². The molecular weight excluding hydrogens is 370 g/mol. The maximum Gasteiger partial charge on any atom is 0.251 e. The van der Waals surface area contributed by atoms with Crippen molar-refractivity contribution >= 4 is 17.5 Å². The number of ether oxygens (including phenoxy) is 1. The van der Waals surface area contributed by atoms with Gasteiger partial charge >= 0.3 is 0 Å². The Morgan fingerprint density at radius 3 is 2.48 bits per heavy atom. The number of furan rings is 1. The third kappa shape index (κ3) is 4.52. The number of benzene rings is 1. The smallest absolute Gasteiger partial charge is 0.251 e. The van der Waals surface area contributed by atoms with Crippen molar-refractivity contribution in [2.45, 2.75) is 25.8 Å². The summed E-state index contributed by atoms with van der Waals surface area (Å²) in [5, 5.41) is 3.04. The van der Waals surface area contributed by atoms with E-state index in [4.69, 9.17) is 9.15 Å². The maximum atomic E-state index is 12.7. The summed E-state index contributed by atoms with van der Waals surface area (Å²) in [7, 11) is 0. The molecule has 0 spiro atoms. The molecule has 154 valence electrons. The molecule has 29 heavy (non-hydrogen) atoms. The van der Waals surface area contributed by atoms with Gasteiger partial charge in [-0.15, -0.1) is 0 Å². The Morgan fingerprint density at radius 2 is 1.86 bits per heavy atom. The quantitative estimate of drug-likeness (QED) is 0.811. The van der Waals surface area contributed by atoms with Gasteiger partial charge < -0.3 is 19.4 Å². The van der Waals surface area contributed by atoms with Gasteiger partial charge in [-0.1, -0.05) is 0 Å². The van der Waals surface area contributed by atoms with Crippen molar-refractivity contribution in [1.29, 1.82) is 0 Å². The molecule has 1 aromatic carbocycles. The topological polar surface area (TPSA) is 75.0 Å². The van der Waals surface area contributed by atoms with Gasteiger partial charge in [0.2, 0.25) is 5.91 Å². The molecule has 2 saturated heterocycles. The number of amides is 2. The summed E-state index contributed by atoms with van der Waals surface area (Å²) in [6.45, 7) is 6.09. The Hall–Kier alpha value is -2.64. The maximum absolute atomic E-state index is 12.7. The molecular formula is C22H27N3O4. The lowest BCUT2D eigenvalue weighted by Gasteiger charge is -2.33. The van der Waals surface area contributed by atoms with Crippen LogP contribution in [0.15, 0.2) is 40.8 Å². The van der Waals surface area contributed by atoms with E-state index in [2.05, 4.69) is 10.2 Å². The van der Waals surface area contributed by atoms with Crippen LogP contribution in [0.2, 0.25) is 0 Å². The lowest BCUT2D eigenvalue weighted by atomic mass is 10.1. The lowest BCUT2D eigenvalue weighted by Crippen LogP contribution is -2.43. The van der Waals surface area contributed by atoms with Gasteiger partial charge in [-0.2, -0.15) is 0 Å². The first-order valence-corrected chi connectivity index (χ1v) is 10.2. The molecule has 0 aliphatic carbocycles. The number of carbonyl (C=O) groups is 2. The summed E-state index contributed by atoms with van der Waals surface area (Å²) in [6, 6.07) is 11.1. The van der Waals surface area contributed by atoms with E-state index >= 15 is 0 Å². The number of nitrogens with zero attached hydrogens (tertiary/aromatic N) is 2. The van der Waals surface area contributed by atoms with E-state index in [9.17, 15) is 9.59 Å². The van der Waals surface area contributed by atoms with Crippen LogP contribution in [0.25, 0.3) is 0 Å². The summed E-state index contributed by atoms with van der Waals surface area (Å²) in [5.41, 5.74) is 1.43. The van der Waals surface area contributed by atoms with E-state index in [-0.39, 0.29) is 17.9 Å². The van der Waals surface area contributed by atoms with Crippen molar-refractivity contribution in [3.8, 4) is 0 Å². The van der Waals surface area contributed by atoms with Crippen molar-refractivity contribution in [3.63, 3.8) is 0 Å². The van der Waals surface area contributed by atoms with Gasteiger partial charge in [0.05, 0.1) is 19.3 Å². The third-order valence-electron chi connectivity index (χ3n) is 5.55. The lowest BCUT2D eigenvalue weighted by molar-refractivity contribution is -0.117. The van der Waals surface area contributed by atoms with E-state index in [1.165, 1.54) is 0 Å². The second-order valence-electron chi connectivity index (χ2n) is 7.52. The van der Waals surface area contributed by atoms with E-state index in [1.54, 1.807) is 17.0 Å². The number of aryl methyl sites for hydroxylation is 1. The second-order valence-corrected chi connectivity index (χ2v) is 7.52. The molecule has 2 fully saturated rings. The van der Waals surface area contributed by atoms with Crippen molar-refractivity contribution < 1.29 is 18.7 Å². The fourth-order valence-corrected chi connectivity index (χ4v) is 3.94. The summed E-state index contributed by atoms with van der Waals surface area (Å²) >= 11 is 0. The van der Waals surface area contributed by atoms with Crippen molar-refractivity contribution in [2.75, 3.05) is 44.3 Å². The zero-order valence-electron chi connectivity index (χ0n) is 16.7. The molecule has 0 bridgehead atoms. The number of nitrogens with one attached hydrogen (secondary N) is 1. The van der Waals surface area contributed by atoms with E-state index < -0.39 is 0 Å². The third-order valence-corrected chi connectivity index (χ3v) is 5.55. The van der Waals surface area contributed by atoms with Gasteiger partial charge in [-0.05, 0) is 49.7 Å². The second kappa shape index (κ2) is 8.80. The largest absolute Gasteiger partial charge is 0.465 e. The van der Waals surface area contributed by atoms with Crippen molar-refractivity contribution in [2.24, 2.45) is 0 Å². The Bertz CT molecular complexity index is 855. The monoisotopic (exact) mass is 397 g/mol. The first kappa shape index (κ1) is 19.7. The molecule has 0 radical (unpaired) electrons. The van der Waals surface area contributed by atoms with Crippen LogP contribution in [-0.4, -0.2) is 56.1 Å². The minimum absolute atomic E-state index is 0.0296. The highest BCUT2D eigenvalue weighted by molar-refractivity contribution is 5.97. The fourth-order valence-electron chi connectivity index (χ4n) is 3.94. The van der Waals surface area contributed by atoms with Crippen LogP contribution in [0.5, 0.6) is 0 Å². The van der Waals surface area contributed by atoms with Crippen LogP contribution >= 0.6 is 0 Å². The Balaban J connectivity index is 1.41. The molecule has 7 nitrogen and oxygen atoms in total. The molecule has 7 heteroatoms. The SMILES string of the molecule is Cc1ccc([C@@H](CNC(=O)c2ccc(N3CCCC3=O)cc2)N2CCOCC2)o1. The number of anilines is 1. The molecule has 2 aromatic rings. The van der Waals surface area contributed by atoms with Gasteiger partial charge in [-0.3, -0.25) is 14.5 Å². The minimum atomic E-state index is -0.133. The van der Waals surface area contributed by atoms with Crippen LogP contribution in [0, 0.1) is 6.92 Å². The molecule has 2 aliphatic rings. The fraction of sp³-hybridized carbons (Fsp3) is 0.455. The van der Waals surface area contributed by atoms with E-state index in [0.29, 0.717) is 31.7 Å². The normalized spacial score (nSPS) is 18.8. The first-order valence-electron chi connectivity index (χ1n) is 10.2. The predicted octanol–water partition coefficient (Wildman–Crippen LogP) is 2.52. The summed E-state index contributed by atoms with van der Waals surface area (Å²) in [6.07, 6.45) is 1.48. The van der Waals surface area contributed by atoms with Gasteiger partial charge in [-0.25, -0.2) is 0 Å². The number of hydrogen-bond acceptors (Lipinski definition) is 5. The van der Waals surface area contributed by atoms with Crippen molar-refractivity contribution in [3.05, 3.63) is 53.5 Å². The van der Waals surface area contributed by atoms with Crippen LogP contribution in [-0.2, 0) is 9.53 Å². The van der Waals surface area contributed by atoms with Crippen molar-refractivity contribution in [1.82, 2.24) is 10.2 Å².